The summed E-state index contributed by atoms with van der Waals surface area (Å²) in [6.45, 7) is 4.99. The van der Waals surface area contributed by atoms with Crippen molar-refractivity contribution in [3.8, 4) is 0 Å². The van der Waals surface area contributed by atoms with E-state index in [0.29, 0.717) is 29.1 Å². The largest absolute Gasteiger partial charge is 0.478 e. The van der Waals surface area contributed by atoms with Gasteiger partial charge in [0.25, 0.3) is 0 Å². The smallest absolute Gasteiger partial charge is 0.337 e. The number of sulfonamides is 1. The molecule has 10 heteroatoms. The molecule has 0 spiro atoms. The fourth-order valence-corrected chi connectivity index (χ4v) is 5.42. The van der Waals surface area contributed by atoms with Crippen molar-refractivity contribution in [3.05, 3.63) is 58.7 Å². The van der Waals surface area contributed by atoms with Crippen LogP contribution in [0.25, 0.3) is 10.9 Å². The summed E-state index contributed by atoms with van der Waals surface area (Å²) in [7, 11) is -3.93. The van der Waals surface area contributed by atoms with Gasteiger partial charge in [-0.15, -0.1) is 0 Å². The number of ether oxygens (including phenoxy) is 1. The van der Waals surface area contributed by atoms with E-state index >= 15 is 0 Å². The molecule has 4 rings (SSSR count). The molecule has 2 aromatic carbocycles. The van der Waals surface area contributed by atoms with E-state index in [1.165, 1.54) is 10.5 Å². The summed E-state index contributed by atoms with van der Waals surface area (Å²) < 4.78 is 33.7. The van der Waals surface area contributed by atoms with E-state index < -0.39 is 16.0 Å². The Kier molecular flexibility index (Phi) is 6.58. The number of hydrogen-bond acceptors (Lipinski definition) is 6. The third-order valence-corrected chi connectivity index (χ3v) is 7.73. The number of aromatic nitrogens is 1. The number of rotatable bonds is 6. The summed E-state index contributed by atoms with van der Waals surface area (Å²) in [5.74, 6) is -0.982. The second-order valence-corrected chi connectivity index (χ2v) is 10.4. The number of fused-ring (bicyclic) bond motifs is 1. The number of carboxylic acid groups (broad SMARTS) is 1. The average Bonchev–Trinajstić information content (AvgIpc) is 2.79. The van der Waals surface area contributed by atoms with Crippen LogP contribution in [0.2, 0.25) is 5.02 Å². The first-order valence-electron chi connectivity index (χ1n) is 10.5. The topological polar surface area (TPSA) is 109 Å². The van der Waals surface area contributed by atoms with Crippen LogP contribution in [0.5, 0.6) is 0 Å². The Morgan fingerprint density at radius 3 is 2.58 bits per heavy atom. The first-order chi connectivity index (χ1) is 15.7. The monoisotopic (exact) mass is 489 g/mol. The van der Waals surface area contributed by atoms with Gasteiger partial charge in [-0.05, 0) is 41.8 Å². The van der Waals surface area contributed by atoms with Gasteiger partial charge in [0.2, 0.25) is 10.0 Å². The van der Waals surface area contributed by atoms with E-state index in [1.807, 2.05) is 19.9 Å². The minimum Gasteiger partial charge on any atom is -0.478 e. The van der Waals surface area contributed by atoms with Crippen molar-refractivity contribution >= 4 is 49.9 Å². The van der Waals surface area contributed by atoms with Gasteiger partial charge in [0, 0.05) is 29.7 Å². The molecule has 0 aliphatic carbocycles. The predicted octanol–water partition coefficient (Wildman–Crippen LogP) is 4.47. The second kappa shape index (κ2) is 9.26. The molecule has 1 aromatic heterocycles. The Hall–Kier alpha value is -2.72. The van der Waals surface area contributed by atoms with Crippen molar-refractivity contribution in [2.75, 3.05) is 31.6 Å². The van der Waals surface area contributed by atoms with Gasteiger partial charge in [-0.25, -0.2) is 13.2 Å². The molecular weight excluding hydrogens is 466 g/mol. The lowest BCUT2D eigenvalue weighted by Crippen LogP contribution is -2.40. The van der Waals surface area contributed by atoms with Crippen molar-refractivity contribution in [1.82, 2.24) is 9.29 Å². The molecule has 1 aliphatic heterocycles. The molecule has 0 atom stereocenters. The summed E-state index contributed by atoms with van der Waals surface area (Å²) in [5, 5.41) is 13.8. The van der Waals surface area contributed by atoms with Crippen molar-refractivity contribution in [2.45, 2.75) is 24.7 Å². The third kappa shape index (κ3) is 4.67. The van der Waals surface area contributed by atoms with Crippen LogP contribution in [0.15, 0.2) is 47.5 Å². The van der Waals surface area contributed by atoms with Crippen molar-refractivity contribution in [2.24, 2.45) is 0 Å². The minimum atomic E-state index is -3.93. The highest BCUT2D eigenvalue weighted by molar-refractivity contribution is 7.89. The summed E-state index contributed by atoms with van der Waals surface area (Å²) in [6, 6.07) is 10.0. The molecule has 1 saturated heterocycles. The number of halogens is 1. The summed E-state index contributed by atoms with van der Waals surface area (Å²) in [6.07, 6.45) is 1.30. The molecule has 0 unspecified atom stereocenters. The average molecular weight is 490 g/mol. The lowest BCUT2D eigenvalue weighted by Gasteiger charge is -2.27. The van der Waals surface area contributed by atoms with E-state index in [9.17, 15) is 18.3 Å². The zero-order valence-electron chi connectivity index (χ0n) is 18.2. The Labute approximate surface area is 197 Å². The maximum atomic E-state index is 13.5. The van der Waals surface area contributed by atoms with E-state index in [0.717, 1.165) is 5.56 Å². The first kappa shape index (κ1) is 23.4. The fraction of sp³-hybridized carbons (Fsp3) is 0.304. The van der Waals surface area contributed by atoms with Gasteiger partial charge >= 0.3 is 5.97 Å². The molecule has 2 N–H and O–H groups in total. The van der Waals surface area contributed by atoms with E-state index in [-0.39, 0.29) is 40.8 Å². The molecule has 8 nitrogen and oxygen atoms in total. The number of hydrogen-bond donors (Lipinski definition) is 2. The first-order valence-corrected chi connectivity index (χ1v) is 12.3. The third-order valence-electron chi connectivity index (χ3n) is 5.58. The molecule has 0 bridgehead atoms. The van der Waals surface area contributed by atoms with Crippen molar-refractivity contribution in [3.63, 3.8) is 0 Å². The fourth-order valence-electron chi connectivity index (χ4n) is 3.74. The predicted molar refractivity (Wildman–Crippen MR) is 127 cm³/mol. The van der Waals surface area contributed by atoms with Crippen LogP contribution >= 0.6 is 11.6 Å². The number of carboxylic acids is 1. The van der Waals surface area contributed by atoms with Crippen LogP contribution in [0.4, 0.5) is 11.4 Å². The Balaban J connectivity index is 1.92. The van der Waals surface area contributed by atoms with Gasteiger partial charge in [-0.2, -0.15) is 4.31 Å². The normalized spacial score (nSPS) is 15.2. The number of morpholine rings is 1. The van der Waals surface area contributed by atoms with Crippen LogP contribution in [0.1, 0.15) is 35.7 Å². The quantitative estimate of drug-likeness (QED) is 0.525. The van der Waals surface area contributed by atoms with Gasteiger partial charge < -0.3 is 15.2 Å². The summed E-state index contributed by atoms with van der Waals surface area (Å²) in [5.41, 5.74) is 1.94. The maximum absolute atomic E-state index is 13.5. The van der Waals surface area contributed by atoms with E-state index in [1.54, 1.807) is 30.3 Å². The maximum Gasteiger partial charge on any atom is 0.337 e. The summed E-state index contributed by atoms with van der Waals surface area (Å²) in [4.78, 5) is 16.3. The molecule has 0 amide bonds. The van der Waals surface area contributed by atoms with E-state index in [4.69, 9.17) is 16.3 Å². The van der Waals surface area contributed by atoms with Crippen LogP contribution in [0.3, 0.4) is 0 Å². The molecule has 1 aliphatic rings. The number of benzene rings is 2. The molecule has 1 fully saturated rings. The van der Waals surface area contributed by atoms with E-state index in [2.05, 4.69) is 10.3 Å². The highest BCUT2D eigenvalue weighted by atomic mass is 35.5. The second-order valence-electron chi connectivity index (χ2n) is 8.07. The lowest BCUT2D eigenvalue weighted by molar-refractivity contribution is 0.0698. The zero-order valence-corrected chi connectivity index (χ0v) is 19.8. The molecule has 0 radical (unpaired) electrons. The number of nitrogens with one attached hydrogen (secondary N) is 1. The van der Waals surface area contributed by atoms with Crippen LogP contribution < -0.4 is 5.32 Å². The highest BCUT2D eigenvalue weighted by Gasteiger charge is 2.30. The summed E-state index contributed by atoms with van der Waals surface area (Å²) >= 11 is 6.22. The number of carbonyl (C=O) groups is 1. The molecule has 33 heavy (non-hydrogen) atoms. The van der Waals surface area contributed by atoms with Gasteiger partial charge in [-0.3, -0.25) is 4.98 Å². The van der Waals surface area contributed by atoms with Crippen molar-refractivity contribution < 1.29 is 23.1 Å². The van der Waals surface area contributed by atoms with Crippen molar-refractivity contribution in [1.29, 1.82) is 0 Å². The van der Waals surface area contributed by atoms with Gasteiger partial charge in [0.1, 0.15) is 4.90 Å². The van der Waals surface area contributed by atoms with Crippen LogP contribution in [-0.2, 0) is 14.8 Å². The highest BCUT2D eigenvalue weighted by Crippen LogP contribution is 2.36. The zero-order chi connectivity index (χ0) is 23.8. The minimum absolute atomic E-state index is 0.0444. The van der Waals surface area contributed by atoms with Gasteiger partial charge in [-0.1, -0.05) is 31.5 Å². The Morgan fingerprint density at radius 2 is 1.91 bits per heavy atom. The number of pyridine rings is 1. The molecule has 3 aromatic rings. The van der Waals surface area contributed by atoms with Gasteiger partial charge in [0.15, 0.2) is 0 Å². The number of aromatic carboxylic acids is 1. The Morgan fingerprint density at radius 1 is 1.18 bits per heavy atom. The standard InChI is InChI=1S/C23H24ClN3O5S/c1-14(2)15-3-5-20(18(11-15)23(28)29)26-22-17-12-16(24)4-6-19(17)25-13-21(22)33(30,31)27-7-9-32-10-8-27/h3-6,11-14H,7-10H2,1-2H3,(H,25,26)(H,28,29). The SMILES string of the molecule is CC(C)c1ccc(Nc2c(S(=O)(=O)N3CCOCC3)cnc3ccc(Cl)cc23)c(C(=O)O)c1. The molecule has 0 saturated carbocycles. The van der Waals surface area contributed by atoms with Crippen LogP contribution in [0, 0.1) is 0 Å². The molecule has 174 valence electrons. The molecule has 2 heterocycles. The lowest BCUT2D eigenvalue weighted by atomic mass is 9.99. The Bertz CT molecular complexity index is 1320. The van der Waals surface area contributed by atoms with Gasteiger partial charge in [0.05, 0.1) is 35.7 Å². The number of nitrogens with zero attached hydrogens (tertiary/aromatic N) is 2. The number of anilines is 2. The van der Waals surface area contributed by atoms with Crippen LogP contribution in [-0.4, -0.2) is 55.1 Å². The molecular formula is C23H24ClN3O5S.